The summed E-state index contributed by atoms with van der Waals surface area (Å²) in [5.74, 6) is 0.896. The first-order valence-electron chi connectivity index (χ1n) is 8.17. The molecule has 126 valence electrons. The van der Waals surface area contributed by atoms with E-state index in [9.17, 15) is 9.18 Å². The molecular formula is C19H21FN2OS. The third kappa shape index (κ3) is 4.58. The van der Waals surface area contributed by atoms with Crippen LogP contribution in [0.4, 0.5) is 4.39 Å². The van der Waals surface area contributed by atoms with Crippen LogP contribution in [0.1, 0.15) is 10.4 Å². The number of hydrogen-bond acceptors (Lipinski definition) is 3. The first kappa shape index (κ1) is 17.0. The maximum atomic E-state index is 12.9. The SMILES string of the molecule is O=C(c1ccccc1)N1CCN(CCSc2ccc(F)cc2)CC1. The number of thioether (sulfide) groups is 1. The number of carbonyl (C=O) groups excluding carboxylic acids is 1. The monoisotopic (exact) mass is 344 g/mol. The zero-order chi connectivity index (χ0) is 16.8. The standard InChI is InChI=1S/C19H21FN2OS/c20-17-6-8-18(9-7-17)24-15-14-21-10-12-22(13-11-21)19(23)16-4-2-1-3-5-16/h1-9H,10-15H2. The Balaban J connectivity index is 1.40. The van der Waals surface area contributed by atoms with Gasteiger partial charge in [-0.05, 0) is 36.4 Å². The Morgan fingerprint density at radius 3 is 2.29 bits per heavy atom. The second-order valence-corrected chi connectivity index (χ2v) is 6.97. The minimum absolute atomic E-state index is 0.121. The van der Waals surface area contributed by atoms with Crippen molar-refractivity contribution >= 4 is 17.7 Å². The Hall–Kier alpha value is -1.85. The minimum atomic E-state index is -0.196. The summed E-state index contributed by atoms with van der Waals surface area (Å²) in [6, 6.07) is 16.1. The predicted molar refractivity (Wildman–Crippen MR) is 95.9 cm³/mol. The van der Waals surface area contributed by atoms with E-state index in [1.807, 2.05) is 47.4 Å². The van der Waals surface area contributed by atoms with Gasteiger partial charge in [0.2, 0.25) is 0 Å². The summed E-state index contributed by atoms with van der Waals surface area (Å²) in [4.78, 5) is 17.8. The maximum absolute atomic E-state index is 12.9. The first-order chi connectivity index (χ1) is 11.7. The van der Waals surface area contributed by atoms with E-state index in [1.54, 1.807) is 11.8 Å². The van der Waals surface area contributed by atoms with Crippen molar-refractivity contribution in [1.29, 1.82) is 0 Å². The van der Waals surface area contributed by atoms with Crippen LogP contribution < -0.4 is 0 Å². The van der Waals surface area contributed by atoms with E-state index in [-0.39, 0.29) is 11.7 Å². The second-order valence-electron chi connectivity index (χ2n) is 5.80. The van der Waals surface area contributed by atoms with Gasteiger partial charge in [0.05, 0.1) is 0 Å². The fraction of sp³-hybridized carbons (Fsp3) is 0.316. The van der Waals surface area contributed by atoms with Crippen LogP contribution in [-0.4, -0.2) is 54.2 Å². The molecule has 24 heavy (non-hydrogen) atoms. The van der Waals surface area contributed by atoms with E-state index in [0.717, 1.165) is 48.9 Å². The topological polar surface area (TPSA) is 23.6 Å². The highest BCUT2D eigenvalue weighted by atomic mass is 32.2. The molecule has 1 saturated heterocycles. The van der Waals surface area contributed by atoms with Crippen molar-refractivity contribution in [2.75, 3.05) is 38.5 Å². The molecule has 3 rings (SSSR count). The summed E-state index contributed by atoms with van der Waals surface area (Å²) in [6.07, 6.45) is 0. The van der Waals surface area contributed by atoms with Crippen molar-refractivity contribution in [2.45, 2.75) is 4.90 Å². The van der Waals surface area contributed by atoms with Crippen molar-refractivity contribution in [3.8, 4) is 0 Å². The van der Waals surface area contributed by atoms with E-state index in [1.165, 1.54) is 12.1 Å². The minimum Gasteiger partial charge on any atom is -0.336 e. The van der Waals surface area contributed by atoms with Crippen LogP contribution in [0, 0.1) is 5.82 Å². The molecule has 1 heterocycles. The van der Waals surface area contributed by atoms with Gasteiger partial charge in [0.25, 0.3) is 5.91 Å². The lowest BCUT2D eigenvalue weighted by Gasteiger charge is -2.34. The van der Waals surface area contributed by atoms with E-state index in [0.29, 0.717) is 0 Å². The Labute approximate surface area is 146 Å². The quantitative estimate of drug-likeness (QED) is 0.777. The summed E-state index contributed by atoms with van der Waals surface area (Å²) in [5, 5.41) is 0. The molecule has 0 bridgehead atoms. The van der Waals surface area contributed by atoms with Crippen LogP contribution in [0.3, 0.4) is 0 Å². The van der Waals surface area contributed by atoms with E-state index >= 15 is 0 Å². The van der Waals surface area contributed by atoms with Crippen LogP contribution in [0.2, 0.25) is 0 Å². The number of rotatable bonds is 5. The summed E-state index contributed by atoms with van der Waals surface area (Å²) in [5.41, 5.74) is 0.762. The summed E-state index contributed by atoms with van der Waals surface area (Å²) < 4.78 is 12.9. The molecule has 0 atom stereocenters. The second kappa shape index (κ2) is 8.31. The maximum Gasteiger partial charge on any atom is 0.253 e. The average Bonchev–Trinajstić information content (AvgIpc) is 2.64. The van der Waals surface area contributed by atoms with Crippen molar-refractivity contribution in [3.05, 3.63) is 66.0 Å². The Morgan fingerprint density at radius 1 is 0.958 bits per heavy atom. The van der Waals surface area contributed by atoms with Gasteiger partial charge in [-0.25, -0.2) is 4.39 Å². The van der Waals surface area contributed by atoms with E-state index in [2.05, 4.69) is 4.90 Å². The molecule has 2 aromatic carbocycles. The number of hydrogen-bond donors (Lipinski definition) is 0. The van der Waals surface area contributed by atoms with Gasteiger partial charge in [-0.1, -0.05) is 18.2 Å². The highest BCUT2D eigenvalue weighted by Gasteiger charge is 2.21. The molecule has 2 aromatic rings. The summed E-state index contributed by atoms with van der Waals surface area (Å²) >= 11 is 1.74. The fourth-order valence-corrected chi connectivity index (χ4v) is 3.68. The third-order valence-electron chi connectivity index (χ3n) is 4.17. The van der Waals surface area contributed by atoms with Gasteiger partial charge in [0, 0.05) is 48.9 Å². The molecule has 1 aliphatic heterocycles. The molecule has 0 N–H and O–H groups in total. The molecule has 1 amide bonds. The zero-order valence-corrected chi connectivity index (χ0v) is 14.3. The Morgan fingerprint density at radius 2 is 1.62 bits per heavy atom. The number of carbonyl (C=O) groups is 1. The summed E-state index contributed by atoms with van der Waals surface area (Å²) in [6.45, 7) is 4.34. The van der Waals surface area contributed by atoms with Gasteiger partial charge in [0.1, 0.15) is 5.82 Å². The molecular weight excluding hydrogens is 323 g/mol. The molecule has 0 spiro atoms. The highest BCUT2D eigenvalue weighted by molar-refractivity contribution is 7.99. The van der Waals surface area contributed by atoms with Crippen molar-refractivity contribution < 1.29 is 9.18 Å². The van der Waals surface area contributed by atoms with Crippen LogP contribution in [0.15, 0.2) is 59.5 Å². The lowest BCUT2D eigenvalue weighted by atomic mass is 10.2. The molecule has 0 unspecified atom stereocenters. The van der Waals surface area contributed by atoms with E-state index < -0.39 is 0 Å². The molecule has 0 aromatic heterocycles. The normalized spacial score (nSPS) is 15.5. The molecule has 1 aliphatic rings. The van der Waals surface area contributed by atoms with Crippen LogP contribution in [0.5, 0.6) is 0 Å². The number of halogens is 1. The lowest BCUT2D eigenvalue weighted by molar-refractivity contribution is 0.0644. The average molecular weight is 344 g/mol. The van der Waals surface area contributed by atoms with Gasteiger partial charge < -0.3 is 4.90 Å². The Bertz CT molecular complexity index is 655. The number of amides is 1. The largest absolute Gasteiger partial charge is 0.336 e. The highest BCUT2D eigenvalue weighted by Crippen LogP contribution is 2.18. The third-order valence-corrected chi connectivity index (χ3v) is 5.16. The van der Waals surface area contributed by atoms with E-state index in [4.69, 9.17) is 0 Å². The molecule has 5 heteroatoms. The molecule has 0 radical (unpaired) electrons. The molecule has 1 fully saturated rings. The van der Waals surface area contributed by atoms with Gasteiger partial charge >= 0.3 is 0 Å². The van der Waals surface area contributed by atoms with Crippen LogP contribution in [-0.2, 0) is 0 Å². The van der Waals surface area contributed by atoms with Crippen molar-refractivity contribution in [1.82, 2.24) is 9.80 Å². The zero-order valence-electron chi connectivity index (χ0n) is 13.5. The molecule has 3 nitrogen and oxygen atoms in total. The van der Waals surface area contributed by atoms with Crippen molar-refractivity contribution in [2.24, 2.45) is 0 Å². The van der Waals surface area contributed by atoms with Gasteiger partial charge in [0.15, 0.2) is 0 Å². The summed E-state index contributed by atoms with van der Waals surface area (Å²) in [7, 11) is 0. The fourth-order valence-electron chi connectivity index (χ4n) is 2.76. The van der Waals surface area contributed by atoms with Gasteiger partial charge in [-0.3, -0.25) is 9.69 Å². The first-order valence-corrected chi connectivity index (χ1v) is 9.16. The lowest BCUT2D eigenvalue weighted by Crippen LogP contribution is -2.49. The Kier molecular flexibility index (Phi) is 5.88. The van der Waals surface area contributed by atoms with Crippen LogP contribution >= 0.6 is 11.8 Å². The number of piperazine rings is 1. The molecule has 0 saturated carbocycles. The number of benzene rings is 2. The smallest absolute Gasteiger partial charge is 0.253 e. The molecule has 0 aliphatic carbocycles. The van der Waals surface area contributed by atoms with Gasteiger partial charge in [-0.2, -0.15) is 0 Å². The van der Waals surface area contributed by atoms with Crippen molar-refractivity contribution in [3.63, 3.8) is 0 Å². The van der Waals surface area contributed by atoms with Crippen LogP contribution in [0.25, 0.3) is 0 Å². The number of nitrogens with zero attached hydrogens (tertiary/aromatic N) is 2. The predicted octanol–water partition coefficient (Wildman–Crippen LogP) is 3.38. The van der Waals surface area contributed by atoms with Gasteiger partial charge in [-0.15, -0.1) is 11.8 Å².